The van der Waals surface area contributed by atoms with Crippen LogP contribution in [0.25, 0.3) is 0 Å². The molecule has 0 bridgehead atoms. The SMILES string of the molecule is CC(C)(C)C(=O)COc1ccccc1OC(F)(F)F. The molecule has 1 aromatic carbocycles. The number of halogens is 3. The largest absolute Gasteiger partial charge is 0.573 e. The standard InChI is InChI=1S/C13H15F3O3/c1-12(2,3)11(17)8-18-9-6-4-5-7-10(9)19-13(14,15)16/h4-7H,8H2,1-3H3. The van der Waals surface area contributed by atoms with E-state index in [9.17, 15) is 18.0 Å². The zero-order valence-electron chi connectivity index (χ0n) is 10.9. The quantitative estimate of drug-likeness (QED) is 0.843. The van der Waals surface area contributed by atoms with Crippen LogP contribution in [0, 0.1) is 5.41 Å². The summed E-state index contributed by atoms with van der Waals surface area (Å²) in [6.07, 6.45) is -4.80. The molecule has 0 atom stereocenters. The molecule has 0 amide bonds. The third-order valence-electron chi connectivity index (χ3n) is 2.27. The lowest BCUT2D eigenvalue weighted by atomic mass is 9.91. The maximum Gasteiger partial charge on any atom is 0.573 e. The fourth-order valence-electron chi connectivity index (χ4n) is 1.14. The molecule has 19 heavy (non-hydrogen) atoms. The lowest BCUT2D eigenvalue weighted by molar-refractivity contribution is -0.275. The van der Waals surface area contributed by atoms with Crippen LogP contribution < -0.4 is 9.47 Å². The molecular weight excluding hydrogens is 261 g/mol. The molecule has 0 radical (unpaired) electrons. The maximum absolute atomic E-state index is 12.2. The predicted molar refractivity (Wildman–Crippen MR) is 63.1 cm³/mol. The van der Waals surface area contributed by atoms with Crippen LogP contribution >= 0.6 is 0 Å². The van der Waals surface area contributed by atoms with Gasteiger partial charge in [-0.15, -0.1) is 13.2 Å². The van der Waals surface area contributed by atoms with Gasteiger partial charge in [0.05, 0.1) is 0 Å². The molecule has 0 N–H and O–H groups in total. The summed E-state index contributed by atoms with van der Waals surface area (Å²) in [6, 6.07) is 5.33. The van der Waals surface area contributed by atoms with Crippen LogP contribution in [-0.4, -0.2) is 18.8 Å². The zero-order valence-corrected chi connectivity index (χ0v) is 10.9. The molecule has 0 aromatic heterocycles. The summed E-state index contributed by atoms with van der Waals surface area (Å²) in [4.78, 5) is 11.6. The van der Waals surface area contributed by atoms with E-state index in [1.165, 1.54) is 18.2 Å². The summed E-state index contributed by atoms with van der Waals surface area (Å²) < 4.78 is 45.4. The second-order valence-corrected chi connectivity index (χ2v) is 4.96. The van der Waals surface area contributed by atoms with Crippen molar-refractivity contribution in [3.8, 4) is 11.5 Å². The molecule has 0 saturated heterocycles. The number of carbonyl (C=O) groups is 1. The Labute approximate surface area is 109 Å². The van der Waals surface area contributed by atoms with E-state index in [0.29, 0.717) is 0 Å². The van der Waals surface area contributed by atoms with Crippen molar-refractivity contribution in [3.63, 3.8) is 0 Å². The minimum absolute atomic E-state index is 0.113. The average Bonchev–Trinajstić information content (AvgIpc) is 2.24. The van der Waals surface area contributed by atoms with Crippen LogP contribution in [0.15, 0.2) is 24.3 Å². The van der Waals surface area contributed by atoms with Gasteiger partial charge in [0.1, 0.15) is 6.61 Å². The molecule has 0 fully saturated rings. The van der Waals surface area contributed by atoms with Crippen LogP contribution in [0.2, 0.25) is 0 Å². The Morgan fingerprint density at radius 1 is 1.11 bits per heavy atom. The van der Waals surface area contributed by atoms with E-state index in [2.05, 4.69) is 4.74 Å². The number of hydrogen-bond donors (Lipinski definition) is 0. The number of rotatable bonds is 4. The van der Waals surface area contributed by atoms with Gasteiger partial charge in [-0.3, -0.25) is 4.79 Å². The second kappa shape index (κ2) is 5.50. The molecule has 1 rings (SSSR count). The average molecular weight is 276 g/mol. The fourth-order valence-corrected chi connectivity index (χ4v) is 1.14. The molecule has 1 aromatic rings. The van der Waals surface area contributed by atoms with Gasteiger partial charge in [-0.1, -0.05) is 32.9 Å². The van der Waals surface area contributed by atoms with Crippen LogP contribution in [0.1, 0.15) is 20.8 Å². The van der Waals surface area contributed by atoms with E-state index in [1.807, 2.05) is 0 Å². The molecule has 6 heteroatoms. The Morgan fingerprint density at radius 3 is 2.11 bits per heavy atom. The van der Waals surface area contributed by atoms with Crippen LogP contribution in [0.5, 0.6) is 11.5 Å². The lowest BCUT2D eigenvalue weighted by Crippen LogP contribution is -2.26. The third kappa shape index (κ3) is 5.19. The number of ether oxygens (including phenoxy) is 2. The molecule has 0 aliphatic rings. The van der Waals surface area contributed by atoms with E-state index >= 15 is 0 Å². The van der Waals surface area contributed by atoms with E-state index in [-0.39, 0.29) is 18.1 Å². The zero-order chi connectivity index (χ0) is 14.7. The summed E-state index contributed by atoms with van der Waals surface area (Å²) in [7, 11) is 0. The third-order valence-corrected chi connectivity index (χ3v) is 2.27. The molecule has 0 spiro atoms. The van der Waals surface area contributed by atoms with Crippen molar-refractivity contribution >= 4 is 5.78 Å². The summed E-state index contributed by atoms with van der Waals surface area (Å²) in [5, 5.41) is 0. The fraction of sp³-hybridized carbons (Fsp3) is 0.462. The highest BCUT2D eigenvalue weighted by Gasteiger charge is 2.32. The number of carbonyl (C=O) groups excluding carboxylic acids is 1. The lowest BCUT2D eigenvalue weighted by Gasteiger charge is -2.18. The smallest absolute Gasteiger partial charge is 0.482 e. The highest BCUT2D eigenvalue weighted by molar-refractivity contribution is 5.85. The highest BCUT2D eigenvalue weighted by atomic mass is 19.4. The Kier molecular flexibility index (Phi) is 4.44. The van der Waals surface area contributed by atoms with Crippen molar-refractivity contribution in [2.45, 2.75) is 27.1 Å². The first-order chi connectivity index (χ1) is 8.59. The minimum Gasteiger partial charge on any atom is -0.482 e. The Balaban J connectivity index is 2.77. The van der Waals surface area contributed by atoms with E-state index < -0.39 is 17.5 Å². The molecule has 0 heterocycles. The van der Waals surface area contributed by atoms with Gasteiger partial charge in [0.2, 0.25) is 0 Å². The van der Waals surface area contributed by atoms with Crippen molar-refractivity contribution in [3.05, 3.63) is 24.3 Å². The number of ketones is 1. The monoisotopic (exact) mass is 276 g/mol. The first-order valence-corrected chi connectivity index (χ1v) is 5.60. The summed E-state index contributed by atoms with van der Waals surface area (Å²) in [5.41, 5.74) is -0.611. The summed E-state index contributed by atoms with van der Waals surface area (Å²) in [6.45, 7) is 4.81. The minimum atomic E-state index is -4.80. The second-order valence-electron chi connectivity index (χ2n) is 4.96. The van der Waals surface area contributed by atoms with Gasteiger partial charge >= 0.3 is 6.36 Å². The maximum atomic E-state index is 12.2. The number of benzene rings is 1. The molecule has 0 aliphatic carbocycles. The first kappa shape index (κ1) is 15.3. The van der Waals surface area contributed by atoms with Gasteiger partial charge < -0.3 is 9.47 Å². The molecule has 0 saturated carbocycles. The number of para-hydroxylation sites is 2. The molecule has 0 unspecified atom stereocenters. The normalized spacial score (nSPS) is 12.1. The Morgan fingerprint density at radius 2 is 1.63 bits per heavy atom. The van der Waals surface area contributed by atoms with Crippen LogP contribution in [0.4, 0.5) is 13.2 Å². The van der Waals surface area contributed by atoms with Gasteiger partial charge in [0.15, 0.2) is 17.3 Å². The van der Waals surface area contributed by atoms with Crippen molar-refractivity contribution in [2.75, 3.05) is 6.61 Å². The summed E-state index contributed by atoms with van der Waals surface area (Å²) in [5.74, 6) is -0.788. The van der Waals surface area contributed by atoms with Crippen LogP contribution in [0.3, 0.4) is 0 Å². The molecule has 3 nitrogen and oxygen atoms in total. The van der Waals surface area contributed by atoms with Gasteiger partial charge in [-0.2, -0.15) is 0 Å². The number of alkyl halides is 3. The van der Waals surface area contributed by atoms with Crippen molar-refractivity contribution in [1.82, 2.24) is 0 Å². The van der Waals surface area contributed by atoms with E-state index in [0.717, 1.165) is 6.07 Å². The number of hydrogen-bond acceptors (Lipinski definition) is 3. The van der Waals surface area contributed by atoms with Crippen molar-refractivity contribution in [2.24, 2.45) is 5.41 Å². The van der Waals surface area contributed by atoms with E-state index in [4.69, 9.17) is 4.74 Å². The predicted octanol–water partition coefficient (Wildman–Crippen LogP) is 3.58. The molecule has 0 aliphatic heterocycles. The Hall–Kier alpha value is -1.72. The van der Waals surface area contributed by atoms with Gasteiger partial charge in [-0.25, -0.2) is 0 Å². The van der Waals surface area contributed by atoms with Crippen molar-refractivity contribution < 1.29 is 27.4 Å². The Bertz CT molecular complexity index is 447. The molecular formula is C13H15F3O3. The van der Waals surface area contributed by atoms with Gasteiger partial charge in [-0.05, 0) is 12.1 Å². The topological polar surface area (TPSA) is 35.5 Å². The van der Waals surface area contributed by atoms with Gasteiger partial charge in [0.25, 0.3) is 0 Å². The highest BCUT2D eigenvalue weighted by Crippen LogP contribution is 2.32. The van der Waals surface area contributed by atoms with Crippen molar-refractivity contribution in [1.29, 1.82) is 0 Å². The summed E-state index contributed by atoms with van der Waals surface area (Å²) >= 11 is 0. The van der Waals surface area contributed by atoms with E-state index in [1.54, 1.807) is 20.8 Å². The van der Waals surface area contributed by atoms with Gasteiger partial charge in [0, 0.05) is 5.41 Å². The van der Waals surface area contributed by atoms with Crippen LogP contribution in [-0.2, 0) is 4.79 Å². The number of Topliss-reactive ketones (excluding diaryl/α,β-unsaturated/α-hetero) is 1. The first-order valence-electron chi connectivity index (χ1n) is 5.60. The molecule has 106 valence electrons.